The second kappa shape index (κ2) is 18.6. The van der Waals surface area contributed by atoms with Gasteiger partial charge in [-0.05, 0) is 43.7 Å². The fourth-order valence-electron chi connectivity index (χ4n) is 3.09. The van der Waals surface area contributed by atoms with Crippen LogP contribution in [0.1, 0.15) is 64.7 Å². The first-order chi connectivity index (χ1) is 9.38. The van der Waals surface area contributed by atoms with Gasteiger partial charge in [0, 0.05) is 10.1 Å². The van der Waals surface area contributed by atoms with E-state index in [1.807, 2.05) is 0 Å². The molecule has 6 heteroatoms. The van der Waals surface area contributed by atoms with Crippen molar-refractivity contribution in [1.29, 1.82) is 0 Å². The van der Waals surface area contributed by atoms with Gasteiger partial charge in [-0.2, -0.15) is 0 Å². The van der Waals surface area contributed by atoms with Gasteiger partial charge < -0.3 is 0 Å². The molecule has 0 aliphatic heterocycles. The average Bonchev–Trinajstić information content (AvgIpc) is 2.46. The van der Waals surface area contributed by atoms with Crippen LogP contribution in [0, 0.1) is 5.92 Å². The molecule has 24 heavy (non-hydrogen) atoms. The molecule has 0 atom stereocenters. The van der Waals surface area contributed by atoms with E-state index in [1.54, 1.807) is 0 Å². The first kappa shape index (κ1) is 31.0. The van der Waals surface area contributed by atoms with Crippen LogP contribution in [0.15, 0.2) is 35.2 Å². The molecule has 2 rings (SSSR count). The monoisotopic (exact) mass is 376 g/mol. The molecule has 0 nitrogen and oxygen atoms in total. The van der Waals surface area contributed by atoms with Gasteiger partial charge in [-0.15, -0.1) is 11.8 Å². The van der Waals surface area contributed by atoms with Crippen LogP contribution in [-0.2, 0) is 0 Å². The Labute approximate surface area is 147 Å². The SMILES string of the molecule is CCCCCCC1CCC(Sc2ccccc2)CC1.F.F.F.F.F. The van der Waals surface area contributed by atoms with Crippen LogP contribution in [-0.4, -0.2) is 5.25 Å². The molecule has 1 aromatic rings. The molecular weight excluding hydrogens is 343 g/mol. The summed E-state index contributed by atoms with van der Waals surface area (Å²) in [5, 5.41) is 0.870. The van der Waals surface area contributed by atoms with Crippen molar-refractivity contribution in [3.05, 3.63) is 30.3 Å². The van der Waals surface area contributed by atoms with Gasteiger partial charge in [-0.1, -0.05) is 57.2 Å². The molecule has 1 aliphatic rings. The largest absolute Gasteiger partial charge is 0.269 e. The fraction of sp³-hybridized carbons (Fsp3) is 0.667. The molecule has 1 fully saturated rings. The molecule has 1 saturated carbocycles. The Morgan fingerprint density at radius 3 is 1.92 bits per heavy atom. The number of hydrogen-bond acceptors (Lipinski definition) is 1. The summed E-state index contributed by atoms with van der Waals surface area (Å²) in [5.41, 5.74) is 0. The van der Waals surface area contributed by atoms with Crippen molar-refractivity contribution in [3.8, 4) is 0 Å². The molecule has 146 valence electrons. The second-order valence-electron chi connectivity index (χ2n) is 5.92. The van der Waals surface area contributed by atoms with E-state index in [2.05, 4.69) is 49.0 Å². The van der Waals surface area contributed by atoms with E-state index >= 15 is 0 Å². The third kappa shape index (κ3) is 11.7. The molecule has 1 aliphatic carbocycles. The maximum Gasteiger partial charge on any atom is 0.00946 e. The lowest BCUT2D eigenvalue weighted by molar-refractivity contribution is 0.334. The van der Waals surface area contributed by atoms with Gasteiger partial charge in [0.2, 0.25) is 0 Å². The van der Waals surface area contributed by atoms with Gasteiger partial charge in [0.15, 0.2) is 0 Å². The second-order valence-corrected chi connectivity index (χ2v) is 7.30. The minimum absolute atomic E-state index is 0. The molecule has 0 saturated heterocycles. The topological polar surface area (TPSA) is 0 Å². The summed E-state index contributed by atoms with van der Waals surface area (Å²) in [7, 11) is 0. The van der Waals surface area contributed by atoms with Crippen molar-refractivity contribution >= 4 is 11.8 Å². The van der Waals surface area contributed by atoms with E-state index in [0.29, 0.717) is 0 Å². The van der Waals surface area contributed by atoms with Crippen LogP contribution in [0.4, 0.5) is 23.5 Å². The van der Waals surface area contributed by atoms with E-state index in [1.165, 1.54) is 62.7 Å². The summed E-state index contributed by atoms with van der Waals surface area (Å²) in [6, 6.07) is 10.9. The van der Waals surface area contributed by atoms with Crippen molar-refractivity contribution < 1.29 is 23.5 Å². The quantitative estimate of drug-likeness (QED) is 0.362. The zero-order valence-electron chi connectivity index (χ0n) is 14.4. The van der Waals surface area contributed by atoms with Crippen molar-refractivity contribution in [2.75, 3.05) is 0 Å². The maximum atomic E-state index is 2.30. The molecule has 0 unspecified atom stereocenters. The minimum Gasteiger partial charge on any atom is -0.269 e. The third-order valence-electron chi connectivity index (χ3n) is 4.31. The van der Waals surface area contributed by atoms with Crippen LogP contribution in [0.25, 0.3) is 0 Å². The van der Waals surface area contributed by atoms with E-state index in [0.717, 1.165) is 11.2 Å². The van der Waals surface area contributed by atoms with Crippen LogP contribution in [0.2, 0.25) is 0 Å². The Balaban J connectivity index is -0.000000400. The van der Waals surface area contributed by atoms with Crippen LogP contribution < -0.4 is 0 Å². The highest BCUT2D eigenvalue weighted by Gasteiger charge is 2.21. The van der Waals surface area contributed by atoms with Gasteiger partial charge in [-0.25, -0.2) is 0 Å². The van der Waals surface area contributed by atoms with Crippen LogP contribution in [0.5, 0.6) is 0 Å². The number of halogens is 5. The molecular formula is C18H33F5S. The molecule has 0 spiro atoms. The van der Waals surface area contributed by atoms with Gasteiger partial charge in [-0.3, -0.25) is 23.5 Å². The first-order valence-electron chi connectivity index (χ1n) is 8.10. The lowest BCUT2D eigenvalue weighted by atomic mass is 9.85. The predicted octanol–water partition coefficient (Wildman–Crippen LogP) is 7.07. The average molecular weight is 377 g/mol. The number of benzene rings is 1. The number of thioether (sulfide) groups is 1. The van der Waals surface area contributed by atoms with Gasteiger partial charge in [0.25, 0.3) is 0 Å². The van der Waals surface area contributed by atoms with E-state index in [9.17, 15) is 0 Å². The van der Waals surface area contributed by atoms with Gasteiger partial charge >= 0.3 is 0 Å². The van der Waals surface area contributed by atoms with Crippen molar-refractivity contribution in [1.82, 2.24) is 0 Å². The molecule has 0 radical (unpaired) electrons. The summed E-state index contributed by atoms with van der Waals surface area (Å²) in [4.78, 5) is 1.45. The Morgan fingerprint density at radius 1 is 0.792 bits per heavy atom. The molecule has 0 bridgehead atoms. The van der Waals surface area contributed by atoms with E-state index < -0.39 is 0 Å². The highest BCUT2D eigenvalue weighted by atomic mass is 32.2. The van der Waals surface area contributed by atoms with Crippen LogP contribution >= 0.6 is 11.8 Å². The molecule has 0 N–H and O–H groups in total. The van der Waals surface area contributed by atoms with Crippen molar-refractivity contribution in [2.24, 2.45) is 5.92 Å². The Bertz CT molecular complexity index is 343. The first-order valence-corrected chi connectivity index (χ1v) is 8.98. The molecule has 0 amide bonds. The number of hydrogen-bond donors (Lipinski definition) is 0. The lowest BCUT2D eigenvalue weighted by Crippen LogP contribution is -2.16. The molecule has 0 heterocycles. The Morgan fingerprint density at radius 2 is 1.38 bits per heavy atom. The third-order valence-corrected chi connectivity index (χ3v) is 5.65. The summed E-state index contributed by atoms with van der Waals surface area (Å²) >= 11 is 2.10. The Kier molecular flexibility index (Phi) is 24.0. The fourth-order valence-corrected chi connectivity index (χ4v) is 4.30. The number of unbranched alkanes of at least 4 members (excludes halogenated alkanes) is 3. The zero-order chi connectivity index (χ0) is 13.3. The highest BCUT2D eigenvalue weighted by Crippen LogP contribution is 2.37. The lowest BCUT2D eigenvalue weighted by Gasteiger charge is -2.28. The molecule has 0 aromatic heterocycles. The maximum absolute atomic E-state index is 2.30. The van der Waals surface area contributed by atoms with E-state index in [-0.39, 0.29) is 23.5 Å². The summed E-state index contributed by atoms with van der Waals surface area (Å²) in [6.07, 6.45) is 13.0. The predicted molar refractivity (Wildman–Crippen MR) is 99.3 cm³/mol. The summed E-state index contributed by atoms with van der Waals surface area (Å²) in [6.45, 7) is 2.30. The molecule has 1 aromatic carbocycles. The van der Waals surface area contributed by atoms with Crippen molar-refractivity contribution in [2.45, 2.75) is 74.9 Å². The van der Waals surface area contributed by atoms with Gasteiger partial charge in [0.1, 0.15) is 0 Å². The standard InChI is InChI=1S/C18H28S.5FH/c1-2-3-4-6-9-16-12-14-18(15-13-16)19-17-10-7-5-8-11-17;;;;;/h5,7-8,10-11,16,18H,2-4,6,9,12-15H2,1H3;5*1H. The van der Waals surface area contributed by atoms with Crippen molar-refractivity contribution in [3.63, 3.8) is 0 Å². The normalized spacial score (nSPS) is 18.5. The minimum atomic E-state index is 0. The highest BCUT2D eigenvalue weighted by molar-refractivity contribution is 8.00. The van der Waals surface area contributed by atoms with E-state index in [4.69, 9.17) is 0 Å². The summed E-state index contributed by atoms with van der Waals surface area (Å²) in [5.74, 6) is 1.03. The summed E-state index contributed by atoms with van der Waals surface area (Å²) < 4.78 is 0. The van der Waals surface area contributed by atoms with Gasteiger partial charge in [0.05, 0.1) is 0 Å². The zero-order valence-corrected chi connectivity index (χ0v) is 15.2. The Hall–Kier alpha value is -0.780. The smallest absolute Gasteiger partial charge is 0.00946 e. The number of rotatable bonds is 7. The van der Waals surface area contributed by atoms with Crippen LogP contribution in [0.3, 0.4) is 0 Å².